The van der Waals surface area contributed by atoms with E-state index < -0.39 is 0 Å². The van der Waals surface area contributed by atoms with Crippen LogP contribution in [0.5, 0.6) is 17.2 Å². The fourth-order valence-electron chi connectivity index (χ4n) is 1.85. The molecule has 18 heavy (non-hydrogen) atoms. The molecule has 1 aliphatic heterocycles. The van der Waals surface area contributed by atoms with E-state index in [1.165, 1.54) is 0 Å². The lowest BCUT2D eigenvalue weighted by Gasteiger charge is -2.21. The lowest BCUT2D eigenvalue weighted by molar-refractivity contribution is 0.171. The number of rotatable bonds is 2. The van der Waals surface area contributed by atoms with E-state index in [0.717, 1.165) is 0 Å². The molecule has 6 nitrogen and oxygen atoms in total. The molecular weight excluding hydrogens is 236 g/mol. The number of nitrogens with two attached hydrogens (primary N) is 1. The van der Waals surface area contributed by atoms with Crippen molar-refractivity contribution in [2.24, 2.45) is 0 Å². The van der Waals surface area contributed by atoms with E-state index in [9.17, 15) is 0 Å². The highest BCUT2D eigenvalue weighted by atomic mass is 16.6. The zero-order valence-electron chi connectivity index (χ0n) is 9.80. The molecule has 0 atom stereocenters. The zero-order valence-corrected chi connectivity index (χ0v) is 9.80. The van der Waals surface area contributed by atoms with E-state index in [2.05, 4.69) is 5.16 Å². The van der Waals surface area contributed by atoms with Crippen LogP contribution in [0.25, 0.3) is 11.3 Å². The average molecular weight is 248 g/mol. The number of methoxy groups -OCH3 is 1. The predicted octanol–water partition coefficient (Wildman–Crippen LogP) is 1.70. The minimum absolute atomic E-state index is 0.318. The second-order valence-corrected chi connectivity index (χ2v) is 3.82. The highest BCUT2D eigenvalue weighted by molar-refractivity contribution is 5.73. The number of nitrogen functional groups attached to an aromatic ring is 1. The van der Waals surface area contributed by atoms with Crippen molar-refractivity contribution in [1.82, 2.24) is 5.16 Å². The van der Waals surface area contributed by atoms with E-state index in [4.69, 9.17) is 24.5 Å². The van der Waals surface area contributed by atoms with E-state index in [0.29, 0.717) is 47.6 Å². The molecule has 1 aliphatic rings. The number of fused-ring (bicyclic) bond motifs is 1. The van der Waals surface area contributed by atoms with Gasteiger partial charge in [0.25, 0.3) is 0 Å². The summed E-state index contributed by atoms with van der Waals surface area (Å²) in [5, 5.41) is 3.66. The molecule has 0 radical (unpaired) electrons. The van der Waals surface area contributed by atoms with E-state index >= 15 is 0 Å². The molecule has 2 N–H and O–H groups in total. The standard InChI is InChI=1S/C12H12N2O4/c1-15-7-4-8(9-6-11(13)14-18-9)12-10(5-7)16-2-3-17-12/h4-6H,2-3H2,1H3,(H2,13,14). The Labute approximate surface area is 103 Å². The maximum atomic E-state index is 5.61. The van der Waals surface area contributed by atoms with Gasteiger partial charge in [0.05, 0.1) is 12.7 Å². The topological polar surface area (TPSA) is 79.7 Å². The first-order chi connectivity index (χ1) is 8.78. The van der Waals surface area contributed by atoms with Crippen LogP contribution in [-0.2, 0) is 0 Å². The Hall–Kier alpha value is -2.37. The van der Waals surface area contributed by atoms with Crippen LogP contribution >= 0.6 is 0 Å². The number of benzene rings is 1. The Morgan fingerprint density at radius 3 is 2.78 bits per heavy atom. The van der Waals surface area contributed by atoms with Crippen molar-refractivity contribution in [1.29, 1.82) is 0 Å². The predicted molar refractivity (Wildman–Crippen MR) is 63.9 cm³/mol. The molecule has 94 valence electrons. The fraction of sp³-hybridized carbons (Fsp3) is 0.250. The molecule has 0 amide bonds. The largest absolute Gasteiger partial charge is 0.497 e. The van der Waals surface area contributed by atoms with Crippen molar-refractivity contribution in [3.63, 3.8) is 0 Å². The third-order valence-electron chi connectivity index (χ3n) is 2.65. The highest BCUT2D eigenvalue weighted by Gasteiger charge is 2.21. The monoisotopic (exact) mass is 248 g/mol. The zero-order chi connectivity index (χ0) is 12.5. The van der Waals surface area contributed by atoms with Gasteiger partial charge in [0.15, 0.2) is 23.1 Å². The molecule has 0 saturated heterocycles. The van der Waals surface area contributed by atoms with Crippen LogP contribution in [-0.4, -0.2) is 25.5 Å². The van der Waals surface area contributed by atoms with Gasteiger partial charge in [0.1, 0.15) is 19.0 Å². The average Bonchev–Trinajstić information content (AvgIpc) is 2.84. The number of anilines is 1. The molecule has 2 aromatic rings. The molecule has 6 heteroatoms. The maximum Gasteiger partial charge on any atom is 0.173 e. The van der Waals surface area contributed by atoms with E-state index in [-0.39, 0.29) is 0 Å². The van der Waals surface area contributed by atoms with Gasteiger partial charge in [-0.15, -0.1) is 0 Å². The smallest absolute Gasteiger partial charge is 0.173 e. The summed E-state index contributed by atoms with van der Waals surface area (Å²) in [7, 11) is 1.59. The molecule has 0 saturated carbocycles. The quantitative estimate of drug-likeness (QED) is 0.871. The van der Waals surface area contributed by atoms with Gasteiger partial charge in [0.2, 0.25) is 0 Å². The molecule has 0 unspecified atom stereocenters. The lowest BCUT2D eigenvalue weighted by Crippen LogP contribution is -2.16. The van der Waals surface area contributed by atoms with Gasteiger partial charge in [-0.05, 0) is 6.07 Å². The van der Waals surface area contributed by atoms with Crippen LogP contribution < -0.4 is 19.9 Å². The van der Waals surface area contributed by atoms with Gasteiger partial charge in [-0.3, -0.25) is 0 Å². The molecule has 2 heterocycles. The minimum atomic E-state index is 0.318. The Morgan fingerprint density at radius 1 is 1.22 bits per heavy atom. The summed E-state index contributed by atoms with van der Waals surface area (Å²) >= 11 is 0. The van der Waals surface area contributed by atoms with Gasteiger partial charge in [0, 0.05) is 12.1 Å². The van der Waals surface area contributed by atoms with Crippen molar-refractivity contribution in [3.05, 3.63) is 18.2 Å². The molecule has 0 spiro atoms. The van der Waals surface area contributed by atoms with Crippen molar-refractivity contribution in [3.8, 4) is 28.6 Å². The van der Waals surface area contributed by atoms with E-state index in [1.54, 1.807) is 25.3 Å². The van der Waals surface area contributed by atoms with Crippen LogP contribution in [0.3, 0.4) is 0 Å². The van der Waals surface area contributed by atoms with Crippen LogP contribution in [0.15, 0.2) is 22.7 Å². The van der Waals surface area contributed by atoms with Crippen molar-refractivity contribution in [2.45, 2.75) is 0 Å². The maximum absolute atomic E-state index is 5.61. The lowest BCUT2D eigenvalue weighted by atomic mass is 10.1. The second kappa shape index (κ2) is 4.14. The first-order valence-electron chi connectivity index (χ1n) is 5.48. The highest BCUT2D eigenvalue weighted by Crippen LogP contribution is 2.43. The molecule has 0 fully saturated rings. The number of ether oxygens (including phenoxy) is 3. The van der Waals surface area contributed by atoms with Crippen LogP contribution in [0.4, 0.5) is 5.82 Å². The molecule has 0 aliphatic carbocycles. The fourth-order valence-corrected chi connectivity index (χ4v) is 1.85. The van der Waals surface area contributed by atoms with Crippen LogP contribution in [0, 0.1) is 0 Å². The Balaban J connectivity index is 2.17. The van der Waals surface area contributed by atoms with Gasteiger partial charge >= 0.3 is 0 Å². The third kappa shape index (κ3) is 1.71. The van der Waals surface area contributed by atoms with Crippen molar-refractivity contribution < 1.29 is 18.7 Å². The number of hydrogen-bond acceptors (Lipinski definition) is 6. The van der Waals surface area contributed by atoms with Crippen molar-refractivity contribution in [2.75, 3.05) is 26.1 Å². The van der Waals surface area contributed by atoms with Crippen LogP contribution in [0.2, 0.25) is 0 Å². The minimum Gasteiger partial charge on any atom is -0.497 e. The second-order valence-electron chi connectivity index (χ2n) is 3.82. The van der Waals surface area contributed by atoms with Gasteiger partial charge in [-0.1, -0.05) is 5.16 Å². The summed E-state index contributed by atoms with van der Waals surface area (Å²) < 4.78 is 21.5. The number of hydrogen-bond donors (Lipinski definition) is 1. The number of aromatic nitrogens is 1. The van der Waals surface area contributed by atoms with E-state index in [1.807, 2.05) is 0 Å². The molecule has 3 rings (SSSR count). The molecule has 1 aromatic carbocycles. The summed E-state index contributed by atoms with van der Waals surface area (Å²) in [5.74, 6) is 2.75. The SMILES string of the molecule is COc1cc2c(c(-c3cc(N)no3)c1)OCCO2. The summed E-state index contributed by atoms with van der Waals surface area (Å²) in [6, 6.07) is 5.21. The molecule has 1 aromatic heterocycles. The molecule has 0 bridgehead atoms. The first kappa shape index (κ1) is 10.8. The van der Waals surface area contributed by atoms with Gasteiger partial charge in [-0.25, -0.2) is 0 Å². The van der Waals surface area contributed by atoms with Gasteiger partial charge in [-0.2, -0.15) is 0 Å². The first-order valence-corrected chi connectivity index (χ1v) is 5.48. The Bertz CT molecular complexity index is 579. The summed E-state index contributed by atoms with van der Waals surface area (Å²) in [4.78, 5) is 0. The van der Waals surface area contributed by atoms with Gasteiger partial charge < -0.3 is 24.5 Å². The summed E-state index contributed by atoms with van der Waals surface area (Å²) in [5.41, 5.74) is 6.27. The summed E-state index contributed by atoms with van der Waals surface area (Å²) in [6.07, 6.45) is 0. The van der Waals surface area contributed by atoms with Crippen LogP contribution in [0.1, 0.15) is 0 Å². The Kier molecular flexibility index (Phi) is 2.47. The number of nitrogens with zero attached hydrogens (tertiary/aromatic N) is 1. The third-order valence-corrected chi connectivity index (χ3v) is 2.65. The van der Waals surface area contributed by atoms with Crippen molar-refractivity contribution >= 4 is 5.82 Å². The Morgan fingerprint density at radius 2 is 2.06 bits per heavy atom. The summed E-state index contributed by atoms with van der Waals surface area (Å²) in [6.45, 7) is 1.01. The normalized spacial score (nSPS) is 13.4. The molecular formula is C12H12N2O4.